The van der Waals surface area contributed by atoms with Gasteiger partial charge in [-0.25, -0.2) is 0 Å². The van der Waals surface area contributed by atoms with Gasteiger partial charge in [0.1, 0.15) is 5.75 Å². The zero-order valence-electron chi connectivity index (χ0n) is 22.1. The molecular formula is C30H34ClN3O4. The van der Waals surface area contributed by atoms with Crippen LogP contribution in [-0.4, -0.2) is 59.5 Å². The summed E-state index contributed by atoms with van der Waals surface area (Å²) in [6.45, 7) is 2.88. The van der Waals surface area contributed by atoms with E-state index in [4.69, 9.17) is 25.8 Å². The van der Waals surface area contributed by atoms with Gasteiger partial charge in [0.25, 0.3) is 0 Å². The van der Waals surface area contributed by atoms with Crippen LogP contribution in [0.25, 0.3) is 0 Å². The van der Waals surface area contributed by atoms with Crippen molar-refractivity contribution in [1.82, 2.24) is 5.32 Å². The van der Waals surface area contributed by atoms with Crippen LogP contribution in [0, 0.1) is 5.92 Å². The van der Waals surface area contributed by atoms with Crippen molar-refractivity contribution in [2.75, 3.05) is 57.3 Å². The number of halogens is 1. The summed E-state index contributed by atoms with van der Waals surface area (Å²) >= 11 is 6.35. The summed E-state index contributed by atoms with van der Waals surface area (Å²) in [5.74, 6) is 2.07. The van der Waals surface area contributed by atoms with Crippen LogP contribution >= 0.6 is 11.6 Å². The van der Waals surface area contributed by atoms with Gasteiger partial charge in [0.2, 0.25) is 5.91 Å². The highest BCUT2D eigenvalue weighted by atomic mass is 35.5. The third-order valence-corrected chi connectivity index (χ3v) is 7.84. The lowest BCUT2D eigenvalue weighted by atomic mass is 9.83. The lowest BCUT2D eigenvalue weighted by molar-refractivity contribution is -0.125. The molecule has 1 amide bonds. The monoisotopic (exact) mass is 535 g/mol. The molecule has 3 aromatic carbocycles. The van der Waals surface area contributed by atoms with Gasteiger partial charge < -0.3 is 29.3 Å². The molecule has 0 spiro atoms. The average molecular weight is 536 g/mol. The van der Waals surface area contributed by atoms with Crippen LogP contribution in [0.15, 0.2) is 60.7 Å². The van der Waals surface area contributed by atoms with Gasteiger partial charge in [-0.05, 0) is 60.4 Å². The number of para-hydroxylation sites is 1. The molecule has 2 atom stereocenters. The molecular weight excluding hydrogens is 502 g/mol. The second-order valence-corrected chi connectivity index (χ2v) is 10.1. The van der Waals surface area contributed by atoms with Crippen molar-refractivity contribution in [3.8, 4) is 17.2 Å². The molecule has 200 valence electrons. The Morgan fingerprint density at radius 1 is 0.921 bits per heavy atom. The minimum atomic E-state index is -0.178. The van der Waals surface area contributed by atoms with Gasteiger partial charge in [-0.2, -0.15) is 0 Å². The Hall–Kier alpha value is -3.58. The number of benzene rings is 3. The lowest BCUT2D eigenvalue weighted by Crippen LogP contribution is -2.61. The fourth-order valence-electron chi connectivity index (χ4n) is 5.68. The number of nitrogens with one attached hydrogen (secondary N) is 1. The van der Waals surface area contributed by atoms with Gasteiger partial charge in [0, 0.05) is 36.9 Å². The van der Waals surface area contributed by atoms with E-state index >= 15 is 0 Å². The van der Waals surface area contributed by atoms with Crippen molar-refractivity contribution < 1.29 is 19.0 Å². The first-order valence-corrected chi connectivity index (χ1v) is 13.3. The topological polar surface area (TPSA) is 63.3 Å². The molecule has 0 unspecified atom stereocenters. The molecule has 0 aromatic heterocycles. The molecule has 8 heteroatoms. The third-order valence-electron chi connectivity index (χ3n) is 7.60. The molecule has 0 saturated carbocycles. The fourth-order valence-corrected chi connectivity index (χ4v) is 5.85. The van der Waals surface area contributed by atoms with Gasteiger partial charge in [0.15, 0.2) is 11.5 Å². The maximum absolute atomic E-state index is 13.7. The Morgan fingerprint density at radius 3 is 2.47 bits per heavy atom. The molecule has 2 aliphatic heterocycles. The summed E-state index contributed by atoms with van der Waals surface area (Å²) < 4.78 is 16.4. The van der Waals surface area contributed by atoms with Crippen LogP contribution in [0.1, 0.15) is 11.1 Å². The molecule has 1 N–H and O–H groups in total. The van der Waals surface area contributed by atoms with Crippen LogP contribution < -0.4 is 29.3 Å². The Morgan fingerprint density at radius 2 is 1.68 bits per heavy atom. The molecule has 0 aliphatic carbocycles. The summed E-state index contributed by atoms with van der Waals surface area (Å²) in [5.41, 5.74) is 4.49. The molecule has 2 heterocycles. The van der Waals surface area contributed by atoms with E-state index in [-0.39, 0.29) is 17.9 Å². The Balaban J connectivity index is 1.34. The van der Waals surface area contributed by atoms with E-state index in [0.29, 0.717) is 42.5 Å². The normalized spacial score (nSPS) is 18.3. The highest BCUT2D eigenvalue weighted by Crippen LogP contribution is 2.39. The van der Waals surface area contributed by atoms with E-state index in [1.165, 1.54) is 11.3 Å². The largest absolute Gasteiger partial charge is 0.495 e. The highest BCUT2D eigenvalue weighted by molar-refractivity contribution is 6.31. The summed E-state index contributed by atoms with van der Waals surface area (Å²) in [5, 5.41) is 3.88. The number of methoxy groups -OCH3 is 3. The zero-order chi connectivity index (χ0) is 26.6. The number of hydrogen-bond acceptors (Lipinski definition) is 6. The number of carbonyl (C=O) groups excluding carboxylic acids is 1. The summed E-state index contributed by atoms with van der Waals surface area (Å²) in [7, 11) is 4.93. The first-order chi connectivity index (χ1) is 18.5. The van der Waals surface area contributed by atoms with E-state index < -0.39 is 0 Å². The van der Waals surface area contributed by atoms with Crippen LogP contribution in [0.3, 0.4) is 0 Å². The minimum Gasteiger partial charge on any atom is -0.495 e. The van der Waals surface area contributed by atoms with Crippen LogP contribution in [0.5, 0.6) is 17.2 Å². The summed E-state index contributed by atoms with van der Waals surface area (Å²) in [4.78, 5) is 18.4. The molecule has 3 aromatic rings. The predicted molar refractivity (Wildman–Crippen MR) is 151 cm³/mol. The van der Waals surface area contributed by atoms with Gasteiger partial charge in [-0.3, -0.25) is 4.79 Å². The van der Waals surface area contributed by atoms with Crippen molar-refractivity contribution in [2.24, 2.45) is 5.92 Å². The SMILES string of the molecule is COc1ccc(CCNC(=O)[C@@H]2Cc3ccccc3N3CCN(c4cc(Cl)ccc4OC)C[C@H]23)cc1OC. The van der Waals surface area contributed by atoms with Crippen molar-refractivity contribution in [1.29, 1.82) is 0 Å². The van der Waals surface area contributed by atoms with Crippen LogP contribution in [-0.2, 0) is 17.6 Å². The molecule has 5 rings (SSSR count). The molecule has 1 saturated heterocycles. The number of ether oxygens (including phenoxy) is 3. The molecule has 2 aliphatic rings. The maximum Gasteiger partial charge on any atom is 0.225 e. The van der Waals surface area contributed by atoms with E-state index in [9.17, 15) is 4.79 Å². The van der Waals surface area contributed by atoms with Gasteiger partial charge in [-0.15, -0.1) is 0 Å². The quantitative estimate of drug-likeness (QED) is 0.455. The third kappa shape index (κ3) is 5.20. The number of rotatable bonds is 8. The van der Waals surface area contributed by atoms with Crippen LogP contribution in [0.4, 0.5) is 11.4 Å². The fraction of sp³-hybridized carbons (Fsp3) is 0.367. The second-order valence-electron chi connectivity index (χ2n) is 9.69. The van der Waals surface area contributed by atoms with Crippen LogP contribution in [0.2, 0.25) is 5.02 Å². The Labute approximate surface area is 229 Å². The van der Waals surface area contributed by atoms with Crippen molar-refractivity contribution >= 4 is 28.9 Å². The number of piperazine rings is 1. The van der Waals surface area contributed by atoms with E-state index in [1.807, 2.05) is 36.4 Å². The highest BCUT2D eigenvalue weighted by Gasteiger charge is 2.41. The first kappa shape index (κ1) is 26.0. The smallest absolute Gasteiger partial charge is 0.225 e. The number of hydrogen-bond donors (Lipinski definition) is 1. The number of carbonyl (C=O) groups is 1. The van der Waals surface area contributed by atoms with E-state index in [2.05, 4.69) is 39.4 Å². The summed E-state index contributed by atoms with van der Waals surface area (Å²) in [6, 6.07) is 20.0. The lowest BCUT2D eigenvalue weighted by Gasteiger charge is -2.49. The summed E-state index contributed by atoms with van der Waals surface area (Å²) in [6.07, 6.45) is 1.41. The first-order valence-electron chi connectivity index (χ1n) is 12.9. The van der Waals surface area contributed by atoms with E-state index in [0.717, 1.165) is 30.1 Å². The van der Waals surface area contributed by atoms with Gasteiger partial charge >= 0.3 is 0 Å². The number of amides is 1. The van der Waals surface area contributed by atoms with E-state index in [1.54, 1.807) is 21.3 Å². The zero-order valence-corrected chi connectivity index (χ0v) is 22.8. The van der Waals surface area contributed by atoms with Gasteiger partial charge in [-0.1, -0.05) is 35.9 Å². The minimum absolute atomic E-state index is 0.0309. The number of fused-ring (bicyclic) bond motifs is 3. The molecule has 38 heavy (non-hydrogen) atoms. The molecule has 7 nitrogen and oxygen atoms in total. The van der Waals surface area contributed by atoms with Crippen molar-refractivity contribution in [3.63, 3.8) is 0 Å². The molecule has 0 radical (unpaired) electrons. The second kappa shape index (κ2) is 11.4. The molecule has 1 fully saturated rings. The Kier molecular flexibility index (Phi) is 7.84. The maximum atomic E-state index is 13.7. The number of anilines is 2. The van der Waals surface area contributed by atoms with Crippen molar-refractivity contribution in [3.05, 3.63) is 76.8 Å². The van der Waals surface area contributed by atoms with Crippen molar-refractivity contribution in [2.45, 2.75) is 18.9 Å². The standard InChI is InChI=1S/C30H34ClN3O4/c1-36-27-11-9-22(31)18-25(27)33-14-15-34-24-7-5-4-6-21(24)17-23(26(34)19-33)30(35)32-13-12-20-8-10-28(37-2)29(16-20)38-3/h4-11,16,18,23,26H,12-15,17,19H2,1-3H3,(H,32,35)/t23-,26-/m1/s1. The Bertz CT molecular complexity index is 1300. The molecule has 0 bridgehead atoms. The average Bonchev–Trinajstić information content (AvgIpc) is 2.96. The van der Waals surface area contributed by atoms with Gasteiger partial charge in [0.05, 0.1) is 39.0 Å². The number of nitrogens with zero attached hydrogens (tertiary/aromatic N) is 2. The predicted octanol–water partition coefficient (Wildman–Crippen LogP) is 4.59.